The molecule has 0 aliphatic rings. The minimum absolute atomic E-state index is 0.0457. The Morgan fingerprint density at radius 3 is 2.57 bits per heavy atom. The van der Waals surface area contributed by atoms with Gasteiger partial charge in [0.25, 0.3) is 0 Å². The maximum atomic E-state index is 12.5. The highest BCUT2D eigenvalue weighted by Crippen LogP contribution is 2.26. The average molecular weight is 382 g/mol. The second kappa shape index (κ2) is 8.80. The number of methoxy groups -OCH3 is 2. The standard InChI is InChI=1S/C22H26N2O4/c1-24(2)20(15-6-5-7-17(10-15)26-3)13-23-22(25)11-16-14-28-21-12-18(27-4)8-9-19(16)21/h5-10,12,14,20H,11,13H2,1-4H3,(H,23,25). The highest BCUT2D eigenvalue weighted by Gasteiger charge is 2.17. The van der Waals surface area contributed by atoms with Crippen molar-refractivity contribution in [2.75, 3.05) is 34.9 Å². The summed E-state index contributed by atoms with van der Waals surface area (Å²) >= 11 is 0. The summed E-state index contributed by atoms with van der Waals surface area (Å²) in [5, 5.41) is 3.96. The molecule has 2 aromatic carbocycles. The fourth-order valence-electron chi connectivity index (χ4n) is 3.22. The number of fused-ring (bicyclic) bond motifs is 1. The molecule has 3 rings (SSSR count). The van der Waals surface area contributed by atoms with Crippen LogP contribution in [0, 0.1) is 0 Å². The molecule has 1 unspecified atom stereocenters. The van der Waals surface area contributed by atoms with Gasteiger partial charge in [0.1, 0.15) is 17.1 Å². The summed E-state index contributed by atoms with van der Waals surface area (Å²) < 4.78 is 16.1. The fourth-order valence-corrected chi connectivity index (χ4v) is 3.22. The number of hydrogen-bond acceptors (Lipinski definition) is 5. The van der Waals surface area contributed by atoms with E-state index in [2.05, 4.69) is 10.2 Å². The van der Waals surface area contributed by atoms with Gasteiger partial charge in [-0.15, -0.1) is 0 Å². The lowest BCUT2D eigenvalue weighted by Gasteiger charge is -2.25. The maximum absolute atomic E-state index is 12.5. The first-order valence-electron chi connectivity index (χ1n) is 9.13. The van der Waals surface area contributed by atoms with Crippen LogP contribution in [0.3, 0.4) is 0 Å². The SMILES string of the molecule is COc1cccc(C(CNC(=O)Cc2coc3cc(OC)ccc23)N(C)C)c1. The van der Waals surface area contributed by atoms with Crippen LogP contribution in [0.1, 0.15) is 17.2 Å². The summed E-state index contributed by atoms with van der Waals surface area (Å²) in [6.07, 6.45) is 1.90. The van der Waals surface area contributed by atoms with Crippen molar-refractivity contribution in [1.29, 1.82) is 0 Å². The van der Waals surface area contributed by atoms with Gasteiger partial charge in [0.2, 0.25) is 5.91 Å². The summed E-state index contributed by atoms with van der Waals surface area (Å²) in [5.74, 6) is 1.48. The van der Waals surface area contributed by atoms with Gasteiger partial charge < -0.3 is 24.1 Å². The first-order valence-corrected chi connectivity index (χ1v) is 9.13. The third kappa shape index (κ3) is 4.46. The smallest absolute Gasteiger partial charge is 0.224 e. The van der Waals surface area contributed by atoms with Crippen molar-refractivity contribution in [3.8, 4) is 11.5 Å². The number of furan rings is 1. The van der Waals surface area contributed by atoms with Crippen LogP contribution in [0.15, 0.2) is 53.1 Å². The molecule has 6 nitrogen and oxygen atoms in total. The second-order valence-electron chi connectivity index (χ2n) is 6.86. The molecular formula is C22H26N2O4. The monoisotopic (exact) mass is 382 g/mol. The molecule has 28 heavy (non-hydrogen) atoms. The van der Waals surface area contributed by atoms with E-state index in [1.54, 1.807) is 20.5 Å². The third-order valence-electron chi connectivity index (χ3n) is 4.81. The molecule has 0 saturated heterocycles. The number of carbonyl (C=O) groups excluding carboxylic acids is 1. The van der Waals surface area contributed by atoms with Gasteiger partial charge in [-0.25, -0.2) is 0 Å². The largest absolute Gasteiger partial charge is 0.497 e. The van der Waals surface area contributed by atoms with Crippen molar-refractivity contribution in [2.45, 2.75) is 12.5 Å². The number of nitrogens with zero attached hydrogens (tertiary/aromatic N) is 1. The van der Waals surface area contributed by atoms with Gasteiger partial charge in [-0.1, -0.05) is 12.1 Å². The van der Waals surface area contributed by atoms with Crippen molar-refractivity contribution in [1.82, 2.24) is 10.2 Å². The van der Waals surface area contributed by atoms with E-state index in [1.807, 2.05) is 56.6 Å². The zero-order valence-corrected chi connectivity index (χ0v) is 16.7. The minimum Gasteiger partial charge on any atom is -0.497 e. The molecule has 3 aromatic rings. The van der Waals surface area contributed by atoms with Crippen molar-refractivity contribution < 1.29 is 18.7 Å². The van der Waals surface area contributed by atoms with Gasteiger partial charge in [-0.2, -0.15) is 0 Å². The number of benzene rings is 2. The Kier molecular flexibility index (Phi) is 6.21. The lowest BCUT2D eigenvalue weighted by atomic mass is 10.1. The first-order chi connectivity index (χ1) is 13.5. The van der Waals surface area contributed by atoms with Gasteiger partial charge in [-0.05, 0) is 43.9 Å². The van der Waals surface area contributed by atoms with Crippen LogP contribution in [0.5, 0.6) is 11.5 Å². The van der Waals surface area contributed by atoms with E-state index in [1.165, 1.54) is 0 Å². The lowest BCUT2D eigenvalue weighted by molar-refractivity contribution is -0.120. The van der Waals surface area contributed by atoms with E-state index >= 15 is 0 Å². The van der Waals surface area contributed by atoms with E-state index in [4.69, 9.17) is 13.9 Å². The molecule has 1 amide bonds. The van der Waals surface area contributed by atoms with Crippen LogP contribution in [-0.2, 0) is 11.2 Å². The molecule has 0 aliphatic heterocycles. The Hall–Kier alpha value is -2.99. The maximum Gasteiger partial charge on any atom is 0.224 e. The van der Waals surface area contributed by atoms with Gasteiger partial charge in [0, 0.05) is 23.6 Å². The van der Waals surface area contributed by atoms with Crippen LogP contribution >= 0.6 is 0 Å². The van der Waals surface area contributed by atoms with Crippen molar-refractivity contribution in [3.05, 3.63) is 59.9 Å². The van der Waals surface area contributed by atoms with Crippen molar-refractivity contribution >= 4 is 16.9 Å². The molecule has 0 bridgehead atoms. The van der Waals surface area contributed by atoms with Crippen molar-refractivity contribution in [2.24, 2.45) is 0 Å². The summed E-state index contributed by atoms with van der Waals surface area (Å²) in [4.78, 5) is 14.6. The number of nitrogens with one attached hydrogen (secondary N) is 1. The number of amides is 1. The Bertz CT molecular complexity index is 949. The molecular weight excluding hydrogens is 356 g/mol. The Morgan fingerprint density at radius 2 is 1.86 bits per heavy atom. The van der Waals surface area contributed by atoms with Crippen LogP contribution in [0.2, 0.25) is 0 Å². The summed E-state index contributed by atoms with van der Waals surface area (Å²) in [5.41, 5.74) is 2.66. The number of carbonyl (C=O) groups is 1. The third-order valence-corrected chi connectivity index (χ3v) is 4.81. The predicted octanol–water partition coefficient (Wildman–Crippen LogP) is 3.41. The van der Waals surface area contributed by atoms with Crippen LogP contribution < -0.4 is 14.8 Å². The number of rotatable bonds is 8. The molecule has 1 aromatic heterocycles. The Balaban J connectivity index is 1.66. The summed E-state index contributed by atoms with van der Waals surface area (Å²) in [6, 6.07) is 13.5. The molecule has 0 radical (unpaired) electrons. The summed E-state index contributed by atoms with van der Waals surface area (Å²) in [6.45, 7) is 0.503. The quantitative estimate of drug-likeness (QED) is 0.647. The zero-order chi connectivity index (χ0) is 20.1. The highest BCUT2D eigenvalue weighted by molar-refractivity contribution is 5.88. The number of ether oxygens (including phenoxy) is 2. The van der Waals surface area contributed by atoms with Crippen LogP contribution in [-0.4, -0.2) is 45.7 Å². The second-order valence-corrected chi connectivity index (χ2v) is 6.86. The van der Waals surface area contributed by atoms with Gasteiger partial charge in [0.05, 0.1) is 32.9 Å². The van der Waals surface area contributed by atoms with Gasteiger partial charge >= 0.3 is 0 Å². The minimum atomic E-state index is -0.0479. The molecule has 1 atom stereocenters. The zero-order valence-electron chi connectivity index (χ0n) is 16.7. The average Bonchev–Trinajstić information content (AvgIpc) is 3.09. The van der Waals surface area contributed by atoms with E-state index < -0.39 is 0 Å². The molecule has 0 aliphatic carbocycles. The van der Waals surface area contributed by atoms with Crippen LogP contribution in [0.4, 0.5) is 0 Å². The molecule has 1 heterocycles. The fraction of sp³-hybridized carbons (Fsp3) is 0.318. The molecule has 0 saturated carbocycles. The van der Waals surface area contributed by atoms with Gasteiger partial charge in [-0.3, -0.25) is 4.79 Å². The number of hydrogen-bond donors (Lipinski definition) is 1. The molecule has 0 spiro atoms. The Morgan fingerprint density at radius 1 is 1.11 bits per heavy atom. The van der Waals surface area contributed by atoms with Gasteiger partial charge in [0.15, 0.2) is 0 Å². The van der Waals surface area contributed by atoms with Crippen molar-refractivity contribution in [3.63, 3.8) is 0 Å². The normalized spacial score (nSPS) is 12.2. The highest BCUT2D eigenvalue weighted by atomic mass is 16.5. The van der Waals surface area contributed by atoms with Crippen LogP contribution in [0.25, 0.3) is 11.0 Å². The first kappa shape index (κ1) is 19.8. The lowest BCUT2D eigenvalue weighted by Crippen LogP contribution is -2.35. The predicted molar refractivity (Wildman–Crippen MR) is 109 cm³/mol. The molecule has 148 valence electrons. The van der Waals surface area contributed by atoms with E-state index in [-0.39, 0.29) is 18.4 Å². The Labute approximate surface area is 165 Å². The number of likely N-dealkylation sites (N-methyl/N-ethyl adjacent to an activating group) is 1. The topological polar surface area (TPSA) is 63.9 Å². The molecule has 0 fully saturated rings. The molecule has 1 N–H and O–H groups in total. The summed E-state index contributed by atoms with van der Waals surface area (Å²) in [7, 11) is 7.25. The van der Waals surface area contributed by atoms with E-state index in [0.717, 1.165) is 28.0 Å². The van der Waals surface area contributed by atoms with E-state index in [0.29, 0.717) is 12.1 Å². The van der Waals surface area contributed by atoms with E-state index in [9.17, 15) is 4.79 Å². The molecule has 6 heteroatoms.